The minimum atomic E-state index is -0.272. The molecule has 0 radical (unpaired) electrons. The topological polar surface area (TPSA) is 59.1 Å². The van der Waals surface area contributed by atoms with Crippen LogP contribution in [0.4, 0.5) is 0 Å². The van der Waals surface area contributed by atoms with Crippen LogP contribution >= 0.6 is 0 Å². The molecule has 0 saturated carbocycles. The molecular formula is C19H34N2O4. The molecule has 0 bridgehead atoms. The zero-order valence-corrected chi connectivity index (χ0v) is 16.4. The Morgan fingerprint density at radius 1 is 1.12 bits per heavy atom. The van der Waals surface area contributed by atoms with Gasteiger partial charge in [0.15, 0.2) is 0 Å². The van der Waals surface area contributed by atoms with Crippen LogP contribution in [-0.4, -0.2) is 72.7 Å². The van der Waals surface area contributed by atoms with E-state index in [-0.39, 0.29) is 35.3 Å². The Balaban J connectivity index is 1.88. The highest BCUT2D eigenvalue weighted by atomic mass is 16.5. The van der Waals surface area contributed by atoms with Crippen LogP contribution in [0.25, 0.3) is 0 Å². The quantitative estimate of drug-likeness (QED) is 0.757. The standard InChI is InChI=1S/C19H34N2O4/c1-14(2)17(22)21-9-10-24-12-16(21)7-6-15(3)18(23)20-8-11-25-19(4,5)13-20/h14-16H,6-13H2,1-5H3. The molecule has 0 spiro atoms. The van der Waals surface area contributed by atoms with Crippen molar-refractivity contribution in [1.29, 1.82) is 0 Å². The first-order valence-electron chi connectivity index (χ1n) is 9.52. The lowest BCUT2D eigenvalue weighted by Crippen LogP contribution is -2.52. The summed E-state index contributed by atoms with van der Waals surface area (Å²) in [6.45, 7) is 13.6. The molecular weight excluding hydrogens is 320 g/mol. The monoisotopic (exact) mass is 354 g/mol. The molecule has 2 saturated heterocycles. The van der Waals surface area contributed by atoms with Crippen LogP contribution in [0.3, 0.4) is 0 Å². The second-order valence-electron chi connectivity index (χ2n) is 8.26. The molecule has 144 valence electrons. The molecule has 0 aliphatic carbocycles. The molecule has 0 aromatic heterocycles. The number of carbonyl (C=O) groups is 2. The summed E-state index contributed by atoms with van der Waals surface area (Å²) in [5.41, 5.74) is -0.272. The van der Waals surface area contributed by atoms with Gasteiger partial charge in [-0.3, -0.25) is 9.59 Å². The molecule has 25 heavy (non-hydrogen) atoms. The van der Waals surface area contributed by atoms with Crippen molar-refractivity contribution in [3.8, 4) is 0 Å². The minimum Gasteiger partial charge on any atom is -0.377 e. The molecule has 6 nitrogen and oxygen atoms in total. The van der Waals surface area contributed by atoms with Crippen LogP contribution in [0, 0.1) is 11.8 Å². The summed E-state index contributed by atoms with van der Waals surface area (Å²) in [6, 6.07) is 0.0834. The highest BCUT2D eigenvalue weighted by molar-refractivity contribution is 5.79. The first-order chi connectivity index (χ1) is 11.7. The van der Waals surface area contributed by atoms with Crippen LogP contribution in [0.2, 0.25) is 0 Å². The van der Waals surface area contributed by atoms with Crippen molar-refractivity contribution in [2.45, 2.75) is 59.1 Å². The van der Waals surface area contributed by atoms with E-state index in [1.165, 1.54) is 0 Å². The summed E-state index contributed by atoms with van der Waals surface area (Å²) < 4.78 is 11.3. The maximum absolute atomic E-state index is 12.7. The fourth-order valence-electron chi connectivity index (χ4n) is 3.60. The van der Waals surface area contributed by atoms with E-state index >= 15 is 0 Å². The Kier molecular flexibility index (Phi) is 6.86. The lowest BCUT2D eigenvalue weighted by molar-refractivity contribution is -0.150. The minimum absolute atomic E-state index is 0.00441. The number of amides is 2. The number of ether oxygens (including phenoxy) is 2. The summed E-state index contributed by atoms with van der Waals surface area (Å²) in [5, 5.41) is 0. The Bertz CT molecular complexity index is 478. The van der Waals surface area contributed by atoms with E-state index in [1.807, 2.05) is 44.4 Å². The zero-order chi connectivity index (χ0) is 18.6. The molecule has 2 heterocycles. The van der Waals surface area contributed by atoms with Crippen LogP contribution in [0.5, 0.6) is 0 Å². The van der Waals surface area contributed by atoms with Gasteiger partial charge in [-0.1, -0.05) is 20.8 Å². The zero-order valence-electron chi connectivity index (χ0n) is 16.4. The average molecular weight is 354 g/mol. The van der Waals surface area contributed by atoms with Gasteiger partial charge < -0.3 is 19.3 Å². The van der Waals surface area contributed by atoms with Crippen molar-refractivity contribution in [3.63, 3.8) is 0 Å². The smallest absolute Gasteiger partial charge is 0.225 e. The lowest BCUT2D eigenvalue weighted by Gasteiger charge is -2.40. The molecule has 6 heteroatoms. The van der Waals surface area contributed by atoms with Crippen molar-refractivity contribution in [2.24, 2.45) is 11.8 Å². The molecule has 2 amide bonds. The molecule has 2 unspecified atom stereocenters. The van der Waals surface area contributed by atoms with Gasteiger partial charge in [-0.05, 0) is 26.7 Å². The molecule has 0 aromatic rings. The normalized spacial score (nSPS) is 25.1. The molecule has 0 N–H and O–H groups in total. The van der Waals surface area contributed by atoms with E-state index < -0.39 is 0 Å². The first kappa shape index (κ1) is 20.2. The van der Waals surface area contributed by atoms with Gasteiger partial charge in [0.25, 0.3) is 0 Å². The highest BCUT2D eigenvalue weighted by Crippen LogP contribution is 2.22. The number of hydrogen-bond acceptors (Lipinski definition) is 4. The van der Waals surface area contributed by atoms with Gasteiger partial charge in [0.1, 0.15) is 0 Å². The maximum Gasteiger partial charge on any atom is 0.225 e. The second kappa shape index (κ2) is 8.49. The largest absolute Gasteiger partial charge is 0.377 e. The van der Waals surface area contributed by atoms with E-state index in [1.54, 1.807) is 0 Å². The summed E-state index contributed by atoms with van der Waals surface area (Å²) in [7, 11) is 0. The van der Waals surface area contributed by atoms with Crippen molar-refractivity contribution in [2.75, 3.05) is 39.5 Å². The third-order valence-electron chi connectivity index (χ3n) is 5.10. The van der Waals surface area contributed by atoms with E-state index in [0.717, 1.165) is 12.8 Å². The predicted octanol–water partition coefficient (Wildman–Crippen LogP) is 1.92. The second-order valence-corrected chi connectivity index (χ2v) is 8.26. The fourth-order valence-corrected chi connectivity index (χ4v) is 3.60. The van der Waals surface area contributed by atoms with Crippen molar-refractivity contribution < 1.29 is 19.1 Å². The Morgan fingerprint density at radius 3 is 2.48 bits per heavy atom. The van der Waals surface area contributed by atoms with E-state index in [0.29, 0.717) is 39.5 Å². The third kappa shape index (κ3) is 5.42. The number of nitrogens with zero attached hydrogens (tertiary/aromatic N) is 2. The van der Waals surface area contributed by atoms with Gasteiger partial charge in [-0.25, -0.2) is 0 Å². The molecule has 2 aliphatic rings. The van der Waals surface area contributed by atoms with Crippen molar-refractivity contribution in [1.82, 2.24) is 9.80 Å². The fraction of sp³-hybridized carbons (Fsp3) is 0.895. The average Bonchev–Trinajstić information content (AvgIpc) is 2.57. The maximum atomic E-state index is 12.7. The van der Waals surface area contributed by atoms with Gasteiger partial charge in [-0.15, -0.1) is 0 Å². The first-order valence-corrected chi connectivity index (χ1v) is 9.52. The number of rotatable bonds is 5. The number of hydrogen-bond donors (Lipinski definition) is 0. The SMILES string of the molecule is CC(C)C(=O)N1CCOCC1CCC(C)C(=O)N1CCOC(C)(C)C1. The van der Waals surface area contributed by atoms with Crippen LogP contribution in [-0.2, 0) is 19.1 Å². The van der Waals surface area contributed by atoms with E-state index in [2.05, 4.69) is 0 Å². The number of carbonyl (C=O) groups excluding carboxylic acids is 2. The van der Waals surface area contributed by atoms with Crippen LogP contribution in [0.1, 0.15) is 47.5 Å². The predicted molar refractivity (Wildman–Crippen MR) is 96.2 cm³/mol. The van der Waals surface area contributed by atoms with Gasteiger partial charge >= 0.3 is 0 Å². The van der Waals surface area contributed by atoms with E-state index in [9.17, 15) is 9.59 Å². The third-order valence-corrected chi connectivity index (χ3v) is 5.10. The van der Waals surface area contributed by atoms with Crippen LogP contribution < -0.4 is 0 Å². The van der Waals surface area contributed by atoms with Gasteiger partial charge in [-0.2, -0.15) is 0 Å². The summed E-state index contributed by atoms with van der Waals surface area (Å²) in [6.07, 6.45) is 1.58. The Hall–Kier alpha value is -1.14. The summed E-state index contributed by atoms with van der Waals surface area (Å²) in [4.78, 5) is 29.0. The highest BCUT2D eigenvalue weighted by Gasteiger charge is 2.33. The van der Waals surface area contributed by atoms with Gasteiger partial charge in [0.05, 0.1) is 31.5 Å². The summed E-state index contributed by atoms with van der Waals surface area (Å²) in [5.74, 6) is 0.319. The molecule has 2 rings (SSSR count). The van der Waals surface area contributed by atoms with Gasteiger partial charge in [0.2, 0.25) is 11.8 Å². The Labute approximate surface area is 151 Å². The number of morpholine rings is 2. The Morgan fingerprint density at radius 2 is 1.84 bits per heavy atom. The van der Waals surface area contributed by atoms with Crippen molar-refractivity contribution >= 4 is 11.8 Å². The molecule has 2 fully saturated rings. The van der Waals surface area contributed by atoms with Crippen molar-refractivity contribution in [3.05, 3.63) is 0 Å². The lowest BCUT2D eigenvalue weighted by atomic mass is 9.97. The van der Waals surface area contributed by atoms with E-state index in [4.69, 9.17) is 9.47 Å². The molecule has 0 aromatic carbocycles. The summed E-state index contributed by atoms with van der Waals surface area (Å²) >= 11 is 0. The van der Waals surface area contributed by atoms with Gasteiger partial charge in [0, 0.05) is 31.5 Å². The molecule has 2 atom stereocenters. The van der Waals surface area contributed by atoms with Crippen LogP contribution in [0.15, 0.2) is 0 Å². The molecule has 2 aliphatic heterocycles.